The van der Waals surface area contributed by atoms with Crippen molar-refractivity contribution in [3.05, 3.63) is 51.6 Å². The van der Waals surface area contributed by atoms with Crippen molar-refractivity contribution in [3.8, 4) is 0 Å². The minimum atomic E-state index is -0.168. The van der Waals surface area contributed by atoms with Crippen LogP contribution in [0.5, 0.6) is 0 Å². The Morgan fingerprint density at radius 1 is 1.03 bits per heavy atom. The number of anilines is 1. The Morgan fingerprint density at radius 2 is 1.85 bits per heavy atom. The zero-order valence-electron chi connectivity index (χ0n) is 19.1. The lowest BCUT2D eigenvalue weighted by Crippen LogP contribution is -2.38. The molecule has 8 heteroatoms. The molecule has 0 radical (unpaired) electrons. The summed E-state index contributed by atoms with van der Waals surface area (Å²) in [5, 5.41) is 0.764. The number of hydrogen-bond acceptors (Lipinski definition) is 6. The van der Waals surface area contributed by atoms with Gasteiger partial charge in [0, 0.05) is 49.7 Å². The predicted molar refractivity (Wildman–Crippen MR) is 130 cm³/mol. The van der Waals surface area contributed by atoms with Gasteiger partial charge in [-0.15, -0.1) is 0 Å². The van der Waals surface area contributed by atoms with E-state index in [1.54, 1.807) is 0 Å². The van der Waals surface area contributed by atoms with Crippen molar-refractivity contribution in [2.24, 2.45) is 0 Å². The highest BCUT2D eigenvalue weighted by Gasteiger charge is 2.26. The molecule has 1 amide bonds. The average molecular weight is 469 g/mol. The number of para-hydroxylation sites is 1. The first-order chi connectivity index (χ1) is 16.2. The quantitative estimate of drug-likeness (QED) is 0.460. The fourth-order valence-electron chi connectivity index (χ4n) is 5.18. The lowest BCUT2D eigenvalue weighted by atomic mass is 9.97. The topological polar surface area (TPSA) is 67.7 Å². The first kappa shape index (κ1) is 22.6. The van der Waals surface area contributed by atoms with Crippen LogP contribution in [0.2, 0.25) is 0 Å². The number of rotatable bonds is 7. The van der Waals surface area contributed by atoms with E-state index >= 15 is 0 Å². The minimum Gasteiger partial charge on any atom is -0.379 e. The average Bonchev–Trinajstić information content (AvgIpc) is 3.29. The van der Waals surface area contributed by atoms with Gasteiger partial charge in [-0.3, -0.25) is 14.3 Å². The van der Waals surface area contributed by atoms with Crippen molar-refractivity contribution in [2.45, 2.75) is 50.1 Å². The van der Waals surface area contributed by atoms with Crippen molar-refractivity contribution in [1.82, 2.24) is 14.5 Å². The summed E-state index contributed by atoms with van der Waals surface area (Å²) >= 11 is 1.44. The molecule has 33 heavy (non-hydrogen) atoms. The summed E-state index contributed by atoms with van der Waals surface area (Å²) in [6, 6.07) is 8.11. The molecule has 0 saturated carbocycles. The Labute approximate surface area is 199 Å². The molecule has 0 spiro atoms. The first-order valence-electron chi connectivity index (χ1n) is 12.1. The maximum absolute atomic E-state index is 13.0. The van der Waals surface area contributed by atoms with E-state index in [1.165, 1.54) is 22.9 Å². The molecule has 7 nitrogen and oxygen atoms in total. The minimum absolute atomic E-state index is 0.0889. The number of ether oxygens (including phenoxy) is 1. The van der Waals surface area contributed by atoms with E-state index in [9.17, 15) is 9.59 Å². The molecule has 2 aliphatic heterocycles. The van der Waals surface area contributed by atoms with Gasteiger partial charge in [-0.05, 0) is 50.2 Å². The fourth-order valence-corrected chi connectivity index (χ4v) is 6.13. The largest absolute Gasteiger partial charge is 0.379 e. The fraction of sp³-hybridized carbons (Fsp3) is 0.560. The van der Waals surface area contributed by atoms with Gasteiger partial charge in [-0.25, -0.2) is 4.79 Å². The second-order valence-corrected chi connectivity index (χ2v) is 9.97. The maximum atomic E-state index is 13.0. The third-order valence-corrected chi connectivity index (χ3v) is 7.93. The summed E-state index contributed by atoms with van der Waals surface area (Å²) in [4.78, 5) is 34.7. The highest BCUT2D eigenvalue weighted by atomic mass is 32.2. The van der Waals surface area contributed by atoms with Gasteiger partial charge in [0.1, 0.15) is 5.03 Å². The van der Waals surface area contributed by atoms with Crippen LogP contribution in [0, 0.1) is 0 Å². The molecule has 1 saturated heterocycles. The van der Waals surface area contributed by atoms with Crippen molar-refractivity contribution in [2.75, 3.05) is 50.0 Å². The molecule has 1 fully saturated rings. The van der Waals surface area contributed by atoms with Crippen molar-refractivity contribution >= 4 is 23.4 Å². The van der Waals surface area contributed by atoms with E-state index in [0.717, 1.165) is 94.3 Å². The SMILES string of the molecule is O=C(CSc1nc(=O)n(CCCN2CCOCC2)c2c1CCCC2)N1CCc2ccccc21. The standard InChI is InChI=1S/C25H32N4O3S/c30-23(28-13-10-19-6-1-3-8-21(19)28)18-33-24-20-7-2-4-9-22(20)29(25(31)26-24)12-5-11-27-14-16-32-17-15-27/h1,3,6,8H,2,4-5,7,9-18H2. The molecule has 3 aliphatic rings. The third-order valence-electron chi connectivity index (χ3n) is 6.93. The molecular weight excluding hydrogens is 436 g/mol. The van der Waals surface area contributed by atoms with Crippen LogP contribution in [-0.2, 0) is 35.3 Å². The van der Waals surface area contributed by atoms with E-state index in [-0.39, 0.29) is 11.6 Å². The Kier molecular flexibility index (Phi) is 7.13. The zero-order chi connectivity index (χ0) is 22.6. The number of aromatic nitrogens is 2. The number of thioether (sulfide) groups is 1. The molecule has 5 rings (SSSR count). The highest BCUT2D eigenvalue weighted by Crippen LogP contribution is 2.31. The Bertz CT molecular complexity index is 1060. The number of morpholine rings is 1. The monoisotopic (exact) mass is 468 g/mol. The van der Waals surface area contributed by atoms with E-state index in [1.807, 2.05) is 27.7 Å². The molecule has 0 N–H and O–H groups in total. The van der Waals surface area contributed by atoms with Crippen LogP contribution in [0.15, 0.2) is 34.1 Å². The maximum Gasteiger partial charge on any atom is 0.348 e. The van der Waals surface area contributed by atoms with Gasteiger partial charge in [0.15, 0.2) is 0 Å². The normalized spacial score (nSPS) is 18.2. The number of benzene rings is 1. The highest BCUT2D eigenvalue weighted by molar-refractivity contribution is 8.00. The van der Waals surface area contributed by atoms with Gasteiger partial charge < -0.3 is 9.64 Å². The third kappa shape index (κ3) is 5.03. The van der Waals surface area contributed by atoms with E-state index in [4.69, 9.17) is 4.74 Å². The number of carbonyl (C=O) groups is 1. The summed E-state index contributed by atoms with van der Waals surface area (Å²) in [6.07, 6.45) is 5.92. The molecule has 3 heterocycles. The first-order valence-corrected chi connectivity index (χ1v) is 13.1. The summed E-state index contributed by atoms with van der Waals surface area (Å²) in [7, 11) is 0. The van der Waals surface area contributed by atoms with E-state index in [2.05, 4.69) is 16.0 Å². The summed E-state index contributed by atoms with van der Waals surface area (Å²) in [6.45, 7) is 5.95. The Hall–Kier alpha value is -2.16. The summed E-state index contributed by atoms with van der Waals surface area (Å²) < 4.78 is 7.32. The Morgan fingerprint density at radius 3 is 2.73 bits per heavy atom. The van der Waals surface area contributed by atoms with Gasteiger partial charge in [-0.1, -0.05) is 30.0 Å². The molecule has 0 atom stereocenters. The molecule has 1 aliphatic carbocycles. The molecule has 2 aromatic rings. The second kappa shape index (κ2) is 10.4. The van der Waals surface area contributed by atoms with E-state index < -0.39 is 0 Å². The second-order valence-electron chi connectivity index (χ2n) is 9.00. The van der Waals surface area contributed by atoms with Gasteiger partial charge in [-0.2, -0.15) is 4.98 Å². The van der Waals surface area contributed by atoms with Gasteiger partial charge in [0.25, 0.3) is 0 Å². The number of hydrogen-bond donors (Lipinski definition) is 0. The van der Waals surface area contributed by atoms with Crippen LogP contribution in [0.1, 0.15) is 36.1 Å². The van der Waals surface area contributed by atoms with Crippen LogP contribution in [0.4, 0.5) is 5.69 Å². The van der Waals surface area contributed by atoms with Gasteiger partial charge in [0.05, 0.1) is 19.0 Å². The van der Waals surface area contributed by atoms with Crippen molar-refractivity contribution in [1.29, 1.82) is 0 Å². The van der Waals surface area contributed by atoms with Crippen LogP contribution >= 0.6 is 11.8 Å². The number of amides is 1. The molecule has 1 aromatic carbocycles. The molecule has 176 valence electrons. The number of carbonyl (C=O) groups excluding carboxylic acids is 1. The van der Waals surface area contributed by atoms with Crippen molar-refractivity contribution < 1.29 is 9.53 Å². The summed E-state index contributed by atoms with van der Waals surface area (Å²) in [5.74, 6) is 0.403. The van der Waals surface area contributed by atoms with E-state index in [0.29, 0.717) is 12.3 Å². The van der Waals surface area contributed by atoms with Crippen LogP contribution in [-0.4, -0.2) is 65.5 Å². The lowest BCUT2D eigenvalue weighted by molar-refractivity contribution is -0.116. The Balaban J connectivity index is 1.27. The molecular formula is C25H32N4O3S. The lowest BCUT2D eigenvalue weighted by Gasteiger charge is -2.27. The number of fused-ring (bicyclic) bond motifs is 2. The van der Waals surface area contributed by atoms with Gasteiger partial charge in [0.2, 0.25) is 5.91 Å². The molecule has 0 bridgehead atoms. The van der Waals surface area contributed by atoms with Crippen LogP contribution < -0.4 is 10.6 Å². The number of nitrogens with zero attached hydrogens (tertiary/aromatic N) is 4. The smallest absolute Gasteiger partial charge is 0.348 e. The zero-order valence-corrected chi connectivity index (χ0v) is 19.9. The molecule has 1 aromatic heterocycles. The van der Waals surface area contributed by atoms with Crippen molar-refractivity contribution in [3.63, 3.8) is 0 Å². The predicted octanol–water partition coefficient (Wildman–Crippen LogP) is 2.53. The van der Waals surface area contributed by atoms with Crippen LogP contribution in [0.3, 0.4) is 0 Å². The van der Waals surface area contributed by atoms with Gasteiger partial charge >= 0.3 is 5.69 Å². The molecule has 0 unspecified atom stereocenters. The van der Waals surface area contributed by atoms with Crippen LogP contribution in [0.25, 0.3) is 0 Å². The summed E-state index contributed by atoms with van der Waals surface area (Å²) in [5.41, 5.74) is 4.41.